The van der Waals surface area contributed by atoms with Gasteiger partial charge in [-0.05, 0) is 67.6 Å². The molecule has 4 unspecified atom stereocenters. The van der Waals surface area contributed by atoms with Crippen LogP contribution < -0.4 is 11.3 Å². The highest BCUT2D eigenvalue weighted by atomic mass is 19.1. The third-order valence-electron chi connectivity index (χ3n) is 5.10. The third kappa shape index (κ3) is 2.98. The van der Waals surface area contributed by atoms with E-state index >= 15 is 0 Å². The maximum atomic E-state index is 12.9. The van der Waals surface area contributed by atoms with E-state index in [9.17, 15) is 4.39 Å². The number of nitrogens with one attached hydrogen (secondary N) is 1. The second kappa shape index (κ2) is 5.59. The predicted octanol–water partition coefficient (Wildman–Crippen LogP) is 3.03. The second-order valence-electron chi connectivity index (χ2n) is 6.36. The van der Waals surface area contributed by atoms with Crippen LogP contribution in [0.2, 0.25) is 0 Å². The molecule has 0 radical (unpaired) electrons. The standard InChI is InChI=1S/C16H23FN2/c17-15-5-2-11(3-6-15)9-16(19-18)10-14-8-12-1-4-13(14)7-12/h2-3,5-6,12-14,16,19H,1,4,7-10,18H2. The normalized spacial score (nSPS) is 30.7. The molecule has 0 aromatic heterocycles. The number of hydrogen-bond donors (Lipinski definition) is 2. The fraction of sp³-hybridized carbons (Fsp3) is 0.625. The molecule has 0 heterocycles. The lowest BCUT2D eigenvalue weighted by Crippen LogP contribution is -2.39. The van der Waals surface area contributed by atoms with Gasteiger partial charge in [0.1, 0.15) is 5.82 Å². The molecule has 2 aliphatic carbocycles. The first-order valence-corrected chi connectivity index (χ1v) is 7.45. The number of nitrogens with two attached hydrogens (primary N) is 1. The van der Waals surface area contributed by atoms with Gasteiger partial charge < -0.3 is 0 Å². The summed E-state index contributed by atoms with van der Waals surface area (Å²) in [6.45, 7) is 0. The zero-order chi connectivity index (χ0) is 13.2. The molecule has 104 valence electrons. The Balaban J connectivity index is 1.57. The Hall–Kier alpha value is -0.930. The average molecular weight is 262 g/mol. The molecular formula is C16H23FN2. The van der Waals surface area contributed by atoms with E-state index in [-0.39, 0.29) is 5.82 Å². The molecule has 3 heteroatoms. The van der Waals surface area contributed by atoms with Crippen LogP contribution in [0.3, 0.4) is 0 Å². The summed E-state index contributed by atoms with van der Waals surface area (Å²) in [6.07, 6.45) is 7.76. The van der Waals surface area contributed by atoms with Gasteiger partial charge in [-0.15, -0.1) is 0 Å². The molecule has 2 nitrogen and oxygen atoms in total. The van der Waals surface area contributed by atoms with Crippen molar-refractivity contribution in [3.8, 4) is 0 Å². The number of halogens is 1. The maximum Gasteiger partial charge on any atom is 0.123 e. The van der Waals surface area contributed by atoms with Gasteiger partial charge in [-0.3, -0.25) is 11.3 Å². The fourth-order valence-corrected chi connectivity index (χ4v) is 4.15. The van der Waals surface area contributed by atoms with Gasteiger partial charge in [-0.25, -0.2) is 4.39 Å². The van der Waals surface area contributed by atoms with E-state index in [0.29, 0.717) is 6.04 Å². The summed E-state index contributed by atoms with van der Waals surface area (Å²) in [4.78, 5) is 0. The molecule has 3 rings (SSSR count). The fourth-order valence-electron chi connectivity index (χ4n) is 4.15. The van der Waals surface area contributed by atoms with Gasteiger partial charge in [0.2, 0.25) is 0 Å². The molecule has 2 fully saturated rings. The lowest BCUT2D eigenvalue weighted by atomic mass is 9.83. The largest absolute Gasteiger partial charge is 0.271 e. The zero-order valence-corrected chi connectivity index (χ0v) is 11.3. The summed E-state index contributed by atoms with van der Waals surface area (Å²) in [6, 6.07) is 7.09. The van der Waals surface area contributed by atoms with Crippen molar-refractivity contribution >= 4 is 0 Å². The van der Waals surface area contributed by atoms with E-state index in [2.05, 4.69) is 5.43 Å². The first-order chi connectivity index (χ1) is 9.24. The maximum absolute atomic E-state index is 12.9. The van der Waals surface area contributed by atoms with Crippen molar-refractivity contribution in [2.24, 2.45) is 23.6 Å². The number of rotatable bonds is 5. The van der Waals surface area contributed by atoms with Gasteiger partial charge in [0.15, 0.2) is 0 Å². The molecule has 0 saturated heterocycles. The first-order valence-electron chi connectivity index (χ1n) is 7.45. The molecule has 0 aliphatic heterocycles. The summed E-state index contributed by atoms with van der Waals surface area (Å²) < 4.78 is 12.9. The van der Waals surface area contributed by atoms with E-state index in [1.165, 1.54) is 37.8 Å². The van der Waals surface area contributed by atoms with Crippen LogP contribution in [0, 0.1) is 23.6 Å². The molecule has 1 aromatic rings. The average Bonchev–Trinajstić information content (AvgIpc) is 3.03. The van der Waals surface area contributed by atoms with Crippen LogP contribution in [-0.4, -0.2) is 6.04 Å². The second-order valence-corrected chi connectivity index (χ2v) is 6.36. The minimum atomic E-state index is -0.172. The Kier molecular flexibility index (Phi) is 3.85. The molecule has 3 N–H and O–H groups in total. The highest BCUT2D eigenvalue weighted by Gasteiger charge is 2.39. The highest BCUT2D eigenvalue weighted by molar-refractivity contribution is 5.17. The number of fused-ring (bicyclic) bond motifs is 2. The first kappa shape index (κ1) is 13.1. The van der Waals surface area contributed by atoms with Gasteiger partial charge in [0.25, 0.3) is 0 Å². The zero-order valence-electron chi connectivity index (χ0n) is 11.3. The molecule has 1 aromatic carbocycles. The molecule has 0 amide bonds. The Morgan fingerprint density at radius 2 is 2.00 bits per heavy atom. The van der Waals surface area contributed by atoms with Gasteiger partial charge >= 0.3 is 0 Å². The third-order valence-corrected chi connectivity index (χ3v) is 5.10. The smallest absolute Gasteiger partial charge is 0.123 e. The van der Waals surface area contributed by atoms with Crippen molar-refractivity contribution in [3.05, 3.63) is 35.6 Å². The van der Waals surface area contributed by atoms with Crippen molar-refractivity contribution in [3.63, 3.8) is 0 Å². The van der Waals surface area contributed by atoms with Crippen LogP contribution in [0.4, 0.5) is 4.39 Å². The van der Waals surface area contributed by atoms with Crippen LogP contribution in [0.5, 0.6) is 0 Å². The molecule has 2 bridgehead atoms. The summed E-state index contributed by atoms with van der Waals surface area (Å²) in [5, 5.41) is 0. The molecule has 2 aliphatic rings. The predicted molar refractivity (Wildman–Crippen MR) is 74.8 cm³/mol. The molecule has 4 atom stereocenters. The highest BCUT2D eigenvalue weighted by Crippen LogP contribution is 2.49. The van der Waals surface area contributed by atoms with Crippen LogP contribution >= 0.6 is 0 Å². The van der Waals surface area contributed by atoms with Gasteiger partial charge in [0.05, 0.1) is 0 Å². The SMILES string of the molecule is NNC(Cc1ccc(F)cc1)CC1CC2CCC1C2. The van der Waals surface area contributed by atoms with Crippen molar-refractivity contribution in [1.82, 2.24) is 5.43 Å². The van der Waals surface area contributed by atoms with Crippen molar-refractivity contribution in [2.75, 3.05) is 0 Å². The summed E-state index contributed by atoms with van der Waals surface area (Å²) in [7, 11) is 0. The summed E-state index contributed by atoms with van der Waals surface area (Å²) >= 11 is 0. The minimum absolute atomic E-state index is 0.172. The lowest BCUT2D eigenvalue weighted by Gasteiger charge is -2.26. The van der Waals surface area contributed by atoms with Crippen molar-refractivity contribution in [1.29, 1.82) is 0 Å². The Morgan fingerprint density at radius 1 is 1.21 bits per heavy atom. The Morgan fingerprint density at radius 3 is 2.58 bits per heavy atom. The summed E-state index contributed by atoms with van der Waals surface area (Å²) in [5.74, 6) is 8.30. The van der Waals surface area contributed by atoms with Crippen LogP contribution in [-0.2, 0) is 6.42 Å². The molecule has 0 spiro atoms. The van der Waals surface area contributed by atoms with Gasteiger partial charge in [-0.1, -0.05) is 18.6 Å². The van der Waals surface area contributed by atoms with Gasteiger partial charge in [-0.2, -0.15) is 0 Å². The molecule has 2 saturated carbocycles. The molecule has 19 heavy (non-hydrogen) atoms. The quantitative estimate of drug-likeness (QED) is 0.632. The van der Waals surface area contributed by atoms with E-state index in [1.54, 1.807) is 0 Å². The van der Waals surface area contributed by atoms with Crippen LogP contribution in [0.15, 0.2) is 24.3 Å². The van der Waals surface area contributed by atoms with Crippen LogP contribution in [0.1, 0.15) is 37.7 Å². The minimum Gasteiger partial charge on any atom is -0.271 e. The van der Waals surface area contributed by atoms with Crippen molar-refractivity contribution in [2.45, 2.75) is 44.6 Å². The number of hydrogen-bond acceptors (Lipinski definition) is 2. The number of benzene rings is 1. The van der Waals surface area contributed by atoms with Crippen LogP contribution in [0.25, 0.3) is 0 Å². The Labute approximate surface area is 114 Å². The van der Waals surface area contributed by atoms with E-state index < -0.39 is 0 Å². The topological polar surface area (TPSA) is 38.0 Å². The van der Waals surface area contributed by atoms with E-state index in [0.717, 1.165) is 36.2 Å². The monoisotopic (exact) mass is 262 g/mol. The van der Waals surface area contributed by atoms with Gasteiger partial charge in [0, 0.05) is 6.04 Å². The number of hydrazine groups is 1. The Bertz CT molecular complexity index is 417. The summed E-state index contributed by atoms with van der Waals surface area (Å²) in [5.41, 5.74) is 4.12. The van der Waals surface area contributed by atoms with E-state index in [1.807, 2.05) is 12.1 Å². The molecular weight excluding hydrogens is 239 g/mol. The van der Waals surface area contributed by atoms with Crippen molar-refractivity contribution < 1.29 is 4.39 Å². The van der Waals surface area contributed by atoms with E-state index in [4.69, 9.17) is 5.84 Å². The lowest BCUT2D eigenvalue weighted by molar-refractivity contribution is 0.277.